The van der Waals surface area contributed by atoms with E-state index in [4.69, 9.17) is 0 Å². The fourth-order valence-corrected chi connectivity index (χ4v) is 2.68. The monoisotopic (exact) mass is 221 g/mol. The Labute approximate surface area is 91.3 Å². The molecule has 2 aromatic rings. The molecule has 0 bridgehead atoms. The third-order valence-electron chi connectivity index (χ3n) is 2.54. The summed E-state index contributed by atoms with van der Waals surface area (Å²) >= 11 is 1.99. The van der Waals surface area contributed by atoms with Crippen LogP contribution in [0, 0.1) is 0 Å². The molecule has 0 saturated carbocycles. The van der Waals surface area contributed by atoms with Crippen LogP contribution in [0.15, 0.2) is 12.5 Å². The Morgan fingerprint density at radius 1 is 1.27 bits per heavy atom. The lowest BCUT2D eigenvalue weighted by molar-refractivity contribution is 0.842. The number of nitrogens with zero attached hydrogens (tertiary/aromatic N) is 4. The molecule has 0 radical (unpaired) electrons. The van der Waals surface area contributed by atoms with E-state index in [1.54, 1.807) is 12.5 Å². The Bertz CT molecular complexity index is 462. The quantitative estimate of drug-likeness (QED) is 0.775. The minimum atomic E-state index is 0.818. The average Bonchev–Trinajstić information content (AvgIpc) is 2.78. The second-order valence-corrected chi connectivity index (χ2v) is 4.65. The normalized spacial score (nSPS) is 17.2. The Balaban J connectivity index is 2.05. The molecule has 5 nitrogen and oxygen atoms in total. The zero-order valence-corrected chi connectivity index (χ0v) is 9.00. The second kappa shape index (κ2) is 3.69. The highest BCUT2D eigenvalue weighted by atomic mass is 32.2. The third-order valence-corrected chi connectivity index (χ3v) is 3.48. The van der Waals surface area contributed by atoms with Crippen molar-refractivity contribution in [1.82, 2.24) is 20.2 Å². The summed E-state index contributed by atoms with van der Waals surface area (Å²) in [5, 5.41) is 7.88. The number of hydrogen-bond donors (Lipinski definition) is 1. The highest BCUT2D eigenvalue weighted by Gasteiger charge is 2.15. The summed E-state index contributed by atoms with van der Waals surface area (Å²) < 4.78 is 0. The molecular formula is C9H11N5S. The van der Waals surface area contributed by atoms with Crippen molar-refractivity contribution < 1.29 is 0 Å². The van der Waals surface area contributed by atoms with Crippen LogP contribution in [-0.4, -0.2) is 44.8 Å². The first-order valence-corrected chi connectivity index (χ1v) is 6.07. The number of aromatic amines is 1. The predicted molar refractivity (Wildman–Crippen MR) is 61.2 cm³/mol. The van der Waals surface area contributed by atoms with Crippen molar-refractivity contribution in [3.63, 3.8) is 0 Å². The number of nitrogens with one attached hydrogen (secondary N) is 1. The lowest BCUT2D eigenvalue weighted by Gasteiger charge is -2.27. The van der Waals surface area contributed by atoms with Crippen LogP contribution in [0.1, 0.15) is 0 Å². The molecule has 0 aromatic carbocycles. The van der Waals surface area contributed by atoms with Crippen LogP contribution in [0.25, 0.3) is 11.0 Å². The molecule has 3 heterocycles. The van der Waals surface area contributed by atoms with Crippen LogP contribution in [0.3, 0.4) is 0 Å². The van der Waals surface area contributed by atoms with E-state index in [1.165, 1.54) is 11.5 Å². The highest BCUT2D eigenvalue weighted by molar-refractivity contribution is 7.99. The molecular weight excluding hydrogens is 210 g/mol. The zero-order chi connectivity index (χ0) is 10.1. The fraction of sp³-hybridized carbons (Fsp3) is 0.444. The number of aromatic nitrogens is 4. The number of hydrogen-bond acceptors (Lipinski definition) is 5. The molecule has 3 rings (SSSR count). The van der Waals surface area contributed by atoms with Gasteiger partial charge in [0.1, 0.15) is 12.1 Å². The highest BCUT2D eigenvalue weighted by Crippen LogP contribution is 2.23. The van der Waals surface area contributed by atoms with Gasteiger partial charge in [-0.1, -0.05) is 0 Å². The van der Waals surface area contributed by atoms with E-state index in [2.05, 4.69) is 25.1 Å². The van der Waals surface area contributed by atoms with Gasteiger partial charge in [0.15, 0.2) is 5.65 Å². The summed E-state index contributed by atoms with van der Waals surface area (Å²) in [5.41, 5.74) is 0.818. The number of thioether (sulfide) groups is 1. The van der Waals surface area contributed by atoms with Crippen LogP contribution < -0.4 is 4.90 Å². The van der Waals surface area contributed by atoms with Crippen LogP contribution in [0.5, 0.6) is 0 Å². The second-order valence-electron chi connectivity index (χ2n) is 3.43. The molecule has 0 aliphatic carbocycles. The van der Waals surface area contributed by atoms with Crippen molar-refractivity contribution in [1.29, 1.82) is 0 Å². The van der Waals surface area contributed by atoms with Crippen molar-refractivity contribution >= 4 is 28.6 Å². The van der Waals surface area contributed by atoms with Gasteiger partial charge < -0.3 is 4.90 Å². The maximum Gasteiger partial charge on any atom is 0.160 e. The molecule has 1 aliphatic heterocycles. The molecule has 0 spiro atoms. The molecule has 0 unspecified atom stereocenters. The molecule has 0 amide bonds. The van der Waals surface area contributed by atoms with Gasteiger partial charge >= 0.3 is 0 Å². The number of H-pyrrole nitrogens is 1. The molecule has 6 heteroatoms. The Morgan fingerprint density at radius 3 is 3.00 bits per heavy atom. The minimum absolute atomic E-state index is 0.818. The molecule has 2 aromatic heterocycles. The number of rotatable bonds is 1. The van der Waals surface area contributed by atoms with E-state index in [1.807, 2.05) is 11.8 Å². The third kappa shape index (κ3) is 1.54. The smallest absolute Gasteiger partial charge is 0.160 e. The van der Waals surface area contributed by atoms with Gasteiger partial charge in [-0.05, 0) is 0 Å². The minimum Gasteiger partial charge on any atom is -0.354 e. The Kier molecular flexibility index (Phi) is 2.21. The molecule has 1 saturated heterocycles. The van der Waals surface area contributed by atoms with E-state index in [-0.39, 0.29) is 0 Å². The van der Waals surface area contributed by atoms with Gasteiger partial charge in [-0.25, -0.2) is 9.97 Å². The van der Waals surface area contributed by atoms with E-state index in [9.17, 15) is 0 Å². The van der Waals surface area contributed by atoms with Crippen LogP contribution in [0.2, 0.25) is 0 Å². The topological polar surface area (TPSA) is 57.7 Å². The molecule has 0 atom stereocenters. The van der Waals surface area contributed by atoms with Crippen molar-refractivity contribution in [2.24, 2.45) is 0 Å². The van der Waals surface area contributed by atoms with Crippen molar-refractivity contribution in [3.8, 4) is 0 Å². The lowest BCUT2D eigenvalue weighted by Crippen LogP contribution is -2.33. The SMILES string of the molecule is c1nc(N2CCSCC2)c2cn[nH]c2n1. The summed E-state index contributed by atoms with van der Waals surface area (Å²) in [5.74, 6) is 3.35. The molecule has 15 heavy (non-hydrogen) atoms. The van der Waals surface area contributed by atoms with Crippen molar-refractivity contribution in [3.05, 3.63) is 12.5 Å². The van der Waals surface area contributed by atoms with Gasteiger partial charge in [-0.15, -0.1) is 0 Å². The van der Waals surface area contributed by atoms with E-state index in [0.29, 0.717) is 0 Å². The maximum atomic E-state index is 4.35. The lowest BCUT2D eigenvalue weighted by atomic mass is 10.3. The molecule has 1 N–H and O–H groups in total. The average molecular weight is 221 g/mol. The first-order valence-electron chi connectivity index (χ1n) is 4.92. The molecule has 78 valence electrons. The van der Waals surface area contributed by atoms with Crippen LogP contribution >= 0.6 is 11.8 Å². The van der Waals surface area contributed by atoms with Gasteiger partial charge in [-0.2, -0.15) is 16.9 Å². The van der Waals surface area contributed by atoms with Crippen molar-refractivity contribution in [2.45, 2.75) is 0 Å². The number of anilines is 1. The van der Waals surface area contributed by atoms with Gasteiger partial charge in [0.2, 0.25) is 0 Å². The fourth-order valence-electron chi connectivity index (χ4n) is 1.78. The summed E-state index contributed by atoms with van der Waals surface area (Å²) in [6.07, 6.45) is 3.39. The summed E-state index contributed by atoms with van der Waals surface area (Å²) in [6, 6.07) is 0. The van der Waals surface area contributed by atoms with Gasteiger partial charge in [0.25, 0.3) is 0 Å². The van der Waals surface area contributed by atoms with E-state index >= 15 is 0 Å². The van der Waals surface area contributed by atoms with Crippen molar-refractivity contribution in [2.75, 3.05) is 29.5 Å². The predicted octanol–water partition coefficient (Wildman–Crippen LogP) is 0.906. The molecule has 1 fully saturated rings. The first kappa shape index (κ1) is 8.96. The zero-order valence-electron chi connectivity index (χ0n) is 8.18. The summed E-state index contributed by atoms with van der Waals surface area (Å²) in [6.45, 7) is 2.11. The van der Waals surface area contributed by atoms with E-state index < -0.39 is 0 Å². The van der Waals surface area contributed by atoms with E-state index in [0.717, 1.165) is 29.9 Å². The largest absolute Gasteiger partial charge is 0.354 e. The number of fused-ring (bicyclic) bond motifs is 1. The van der Waals surface area contributed by atoms with Crippen LogP contribution in [-0.2, 0) is 0 Å². The van der Waals surface area contributed by atoms with Gasteiger partial charge in [0.05, 0.1) is 11.6 Å². The molecule has 1 aliphatic rings. The Morgan fingerprint density at radius 2 is 2.13 bits per heavy atom. The first-order chi connectivity index (χ1) is 7.45. The Hall–Kier alpha value is -1.30. The standard InChI is InChI=1S/C9H11N5S/c1-3-15-4-2-14(1)9-7-5-12-13-8(7)10-6-11-9/h5-6H,1-4H2,(H,10,11,12,13). The summed E-state index contributed by atoms with van der Waals surface area (Å²) in [7, 11) is 0. The van der Waals surface area contributed by atoms with Gasteiger partial charge in [0, 0.05) is 24.6 Å². The van der Waals surface area contributed by atoms with Gasteiger partial charge in [-0.3, -0.25) is 5.10 Å². The van der Waals surface area contributed by atoms with Crippen LogP contribution in [0.4, 0.5) is 5.82 Å². The summed E-state index contributed by atoms with van der Waals surface area (Å²) in [4.78, 5) is 10.8. The maximum absolute atomic E-state index is 4.35.